The molecule has 1 aliphatic heterocycles. The zero-order chi connectivity index (χ0) is 22.1. The predicted molar refractivity (Wildman–Crippen MR) is 115 cm³/mol. The molecule has 0 bridgehead atoms. The SMILES string of the molecule is Cc1c(C(NC(=O)Nc2cncc(C(=O)N3CCC3)c2)C(C)C)oc2ccc(F)cc12. The maximum Gasteiger partial charge on any atom is 0.319 e. The van der Waals surface area contributed by atoms with Crippen LogP contribution in [-0.2, 0) is 0 Å². The summed E-state index contributed by atoms with van der Waals surface area (Å²) in [6.07, 6.45) is 3.99. The molecule has 0 aliphatic carbocycles. The van der Waals surface area contributed by atoms with Crippen LogP contribution in [0.2, 0.25) is 0 Å². The molecule has 3 heterocycles. The van der Waals surface area contributed by atoms with Crippen LogP contribution in [0, 0.1) is 18.7 Å². The molecule has 0 saturated carbocycles. The van der Waals surface area contributed by atoms with Crippen molar-refractivity contribution in [3.05, 3.63) is 59.4 Å². The number of nitrogens with zero attached hydrogens (tertiary/aromatic N) is 2. The number of aryl methyl sites for hydroxylation is 1. The molecular formula is C23H25FN4O3. The Morgan fingerprint density at radius 1 is 1.19 bits per heavy atom. The van der Waals surface area contributed by atoms with E-state index in [1.54, 1.807) is 17.0 Å². The topological polar surface area (TPSA) is 87.5 Å². The van der Waals surface area contributed by atoms with Gasteiger partial charge in [-0.1, -0.05) is 13.8 Å². The Labute approximate surface area is 179 Å². The van der Waals surface area contributed by atoms with Gasteiger partial charge in [-0.15, -0.1) is 0 Å². The Kier molecular flexibility index (Phi) is 5.63. The Morgan fingerprint density at radius 3 is 2.65 bits per heavy atom. The van der Waals surface area contributed by atoms with Gasteiger partial charge in [-0.05, 0) is 43.5 Å². The number of carbonyl (C=O) groups is 2. The summed E-state index contributed by atoms with van der Waals surface area (Å²) < 4.78 is 19.6. The van der Waals surface area contributed by atoms with Crippen LogP contribution in [0.1, 0.15) is 48.0 Å². The number of anilines is 1. The number of nitrogens with one attached hydrogen (secondary N) is 2. The van der Waals surface area contributed by atoms with Crippen molar-refractivity contribution in [2.45, 2.75) is 33.2 Å². The average Bonchev–Trinajstić information content (AvgIpc) is 3.00. The van der Waals surface area contributed by atoms with Crippen molar-refractivity contribution in [3.63, 3.8) is 0 Å². The first-order valence-corrected chi connectivity index (χ1v) is 10.3. The van der Waals surface area contributed by atoms with Gasteiger partial charge in [0.15, 0.2) is 0 Å². The second-order valence-electron chi connectivity index (χ2n) is 8.16. The number of rotatable bonds is 5. The molecule has 1 aromatic carbocycles. The van der Waals surface area contributed by atoms with Gasteiger partial charge in [-0.25, -0.2) is 9.18 Å². The Morgan fingerprint density at radius 2 is 1.97 bits per heavy atom. The minimum atomic E-state index is -0.444. The highest BCUT2D eigenvalue weighted by atomic mass is 19.1. The van der Waals surface area contributed by atoms with Gasteiger partial charge in [0.2, 0.25) is 0 Å². The van der Waals surface area contributed by atoms with E-state index >= 15 is 0 Å². The maximum atomic E-state index is 13.6. The molecule has 1 aliphatic rings. The summed E-state index contributed by atoms with van der Waals surface area (Å²) in [7, 11) is 0. The van der Waals surface area contributed by atoms with Gasteiger partial charge >= 0.3 is 6.03 Å². The normalized spacial score (nSPS) is 14.4. The number of carbonyl (C=O) groups excluding carboxylic acids is 2. The van der Waals surface area contributed by atoms with Gasteiger partial charge in [-0.3, -0.25) is 9.78 Å². The number of halogens is 1. The Balaban J connectivity index is 1.51. The second-order valence-corrected chi connectivity index (χ2v) is 8.16. The summed E-state index contributed by atoms with van der Waals surface area (Å²) in [6, 6.07) is 5.12. The minimum Gasteiger partial charge on any atom is -0.459 e. The summed E-state index contributed by atoms with van der Waals surface area (Å²) in [5.74, 6) is 0.181. The van der Waals surface area contributed by atoms with E-state index in [1.807, 2.05) is 20.8 Å². The molecule has 1 atom stereocenters. The zero-order valence-electron chi connectivity index (χ0n) is 17.7. The zero-order valence-corrected chi connectivity index (χ0v) is 17.7. The van der Waals surface area contributed by atoms with Crippen LogP contribution in [-0.4, -0.2) is 34.9 Å². The van der Waals surface area contributed by atoms with Crippen LogP contribution in [0.4, 0.5) is 14.9 Å². The monoisotopic (exact) mass is 424 g/mol. The van der Waals surface area contributed by atoms with Crippen LogP contribution in [0.25, 0.3) is 11.0 Å². The first-order valence-electron chi connectivity index (χ1n) is 10.3. The lowest BCUT2D eigenvalue weighted by Crippen LogP contribution is -2.42. The third-order valence-corrected chi connectivity index (χ3v) is 5.56. The summed E-state index contributed by atoms with van der Waals surface area (Å²) in [5, 5.41) is 6.36. The van der Waals surface area contributed by atoms with Crippen LogP contribution in [0.5, 0.6) is 0 Å². The predicted octanol–water partition coefficient (Wildman–Crippen LogP) is 4.64. The third kappa shape index (κ3) is 4.23. The van der Waals surface area contributed by atoms with Gasteiger partial charge in [0.25, 0.3) is 5.91 Å². The van der Waals surface area contributed by atoms with Gasteiger partial charge < -0.3 is 20.0 Å². The highest BCUT2D eigenvalue weighted by Crippen LogP contribution is 2.33. The molecule has 3 amide bonds. The Bertz CT molecular complexity index is 1140. The molecule has 31 heavy (non-hydrogen) atoms. The highest BCUT2D eigenvalue weighted by molar-refractivity contribution is 5.97. The lowest BCUT2D eigenvalue weighted by atomic mass is 9.98. The molecule has 8 heteroatoms. The van der Waals surface area contributed by atoms with E-state index in [-0.39, 0.29) is 17.6 Å². The van der Waals surface area contributed by atoms with E-state index in [0.29, 0.717) is 28.0 Å². The van der Waals surface area contributed by atoms with E-state index in [2.05, 4.69) is 15.6 Å². The van der Waals surface area contributed by atoms with Crippen molar-refractivity contribution in [1.29, 1.82) is 0 Å². The van der Waals surface area contributed by atoms with Crippen molar-refractivity contribution in [2.75, 3.05) is 18.4 Å². The van der Waals surface area contributed by atoms with Crippen LogP contribution in [0.15, 0.2) is 41.1 Å². The number of pyridine rings is 1. The summed E-state index contributed by atoms with van der Waals surface area (Å²) in [6.45, 7) is 7.27. The fraction of sp³-hybridized carbons (Fsp3) is 0.348. The molecule has 4 rings (SSSR count). The number of aromatic nitrogens is 1. The number of benzene rings is 1. The van der Waals surface area contributed by atoms with Crippen molar-refractivity contribution in [3.8, 4) is 0 Å². The molecule has 1 saturated heterocycles. The molecule has 1 unspecified atom stereocenters. The number of hydrogen-bond acceptors (Lipinski definition) is 4. The highest BCUT2D eigenvalue weighted by Gasteiger charge is 2.26. The number of urea groups is 1. The summed E-state index contributed by atoms with van der Waals surface area (Å²) in [4.78, 5) is 30.9. The van der Waals surface area contributed by atoms with Gasteiger partial charge in [0, 0.05) is 30.2 Å². The van der Waals surface area contributed by atoms with Crippen molar-refractivity contribution < 1.29 is 18.4 Å². The molecule has 162 valence electrons. The third-order valence-electron chi connectivity index (χ3n) is 5.56. The van der Waals surface area contributed by atoms with Crippen LogP contribution >= 0.6 is 0 Å². The molecule has 2 N–H and O–H groups in total. The summed E-state index contributed by atoms with van der Waals surface area (Å²) >= 11 is 0. The number of likely N-dealkylation sites (tertiary alicyclic amines) is 1. The molecule has 2 aromatic heterocycles. The molecule has 0 spiro atoms. The molecule has 7 nitrogen and oxygen atoms in total. The quantitative estimate of drug-likeness (QED) is 0.625. The molecular weight excluding hydrogens is 399 g/mol. The second kappa shape index (κ2) is 8.37. The van der Waals surface area contributed by atoms with Gasteiger partial charge in [-0.2, -0.15) is 0 Å². The lowest BCUT2D eigenvalue weighted by Gasteiger charge is -2.30. The number of furan rings is 1. The number of hydrogen-bond donors (Lipinski definition) is 2. The fourth-order valence-corrected chi connectivity index (χ4v) is 3.68. The minimum absolute atomic E-state index is 0.0207. The average molecular weight is 424 g/mol. The lowest BCUT2D eigenvalue weighted by molar-refractivity contribution is 0.0651. The standard InChI is InChI=1S/C23H25FN4O3/c1-13(2)20(21-14(3)18-10-16(24)5-6-19(18)31-21)27-23(30)26-17-9-15(11-25-12-17)22(29)28-7-4-8-28/h5-6,9-13,20H,4,7-8H2,1-3H3,(H2,26,27,30). The fourth-order valence-electron chi connectivity index (χ4n) is 3.68. The van der Waals surface area contributed by atoms with E-state index in [4.69, 9.17) is 4.42 Å². The van der Waals surface area contributed by atoms with E-state index in [9.17, 15) is 14.0 Å². The largest absolute Gasteiger partial charge is 0.459 e. The van der Waals surface area contributed by atoms with Crippen LogP contribution < -0.4 is 10.6 Å². The number of amides is 3. The van der Waals surface area contributed by atoms with E-state index in [0.717, 1.165) is 25.1 Å². The maximum absolute atomic E-state index is 13.6. The molecule has 3 aromatic rings. The summed E-state index contributed by atoms with van der Waals surface area (Å²) in [5.41, 5.74) is 2.23. The number of fused-ring (bicyclic) bond motifs is 1. The van der Waals surface area contributed by atoms with Crippen molar-refractivity contribution >= 4 is 28.6 Å². The van der Waals surface area contributed by atoms with E-state index < -0.39 is 12.1 Å². The molecule has 0 radical (unpaired) electrons. The van der Waals surface area contributed by atoms with Gasteiger partial charge in [0.05, 0.1) is 23.5 Å². The van der Waals surface area contributed by atoms with Crippen molar-refractivity contribution in [2.24, 2.45) is 5.92 Å². The molecule has 1 fully saturated rings. The Hall–Kier alpha value is -3.42. The first kappa shape index (κ1) is 20.8. The van der Waals surface area contributed by atoms with Crippen molar-refractivity contribution in [1.82, 2.24) is 15.2 Å². The van der Waals surface area contributed by atoms with Gasteiger partial charge in [0.1, 0.15) is 17.2 Å². The smallest absolute Gasteiger partial charge is 0.319 e. The van der Waals surface area contributed by atoms with Crippen LogP contribution in [0.3, 0.4) is 0 Å². The first-order chi connectivity index (χ1) is 14.8. The van der Waals surface area contributed by atoms with E-state index in [1.165, 1.54) is 24.5 Å².